The van der Waals surface area contributed by atoms with Gasteiger partial charge in [-0.2, -0.15) is 0 Å². The Hall–Kier alpha value is -1.21. The molecule has 4 atom stereocenters. The fraction of sp³-hybridized carbons (Fsp3) is 0.667. The molecule has 0 N–H and O–H groups in total. The molecule has 3 rings (SSSR count). The molecule has 6 nitrogen and oxygen atoms in total. The number of likely N-dealkylation sites (tertiary alicyclic amines) is 1. The summed E-state index contributed by atoms with van der Waals surface area (Å²) < 4.78 is 22.1. The molecule has 0 unspecified atom stereocenters. The fourth-order valence-electron chi connectivity index (χ4n) is 3.09. The number of allylic oxidation sites excluding steroid dienone is 3. The van der Waals surface area contributed by atoms with Gasteiger partial charge >= 0.3 is 0 Å². The Morgan fingerprint density at radius 1 is 1.05 bits per heavy atom. The Morgan fingerprint density at radius 2 is 1.62 bits per heavy atom. The smallest absolute Gasteiger partial charge is 0.247 e. The molecule has 3 fully saturated rings. The lowest BCUT2D eigenvalue weighted by Crippen LogP contribution is -2.49. The van der Waals surface area contributed by atoms with E-state index in [4.69, 9.17) is 18.9 Å². The van der Waals surface area contributed by atoms with Gasteiger partial charge in [0.1, 0.15) is 25.8 Å². The van der Waals surface area contributed by atoms with E-state index in [0.29, 0.717) is 13.2 Å². The highest BCUT2D eigenvalue weighted by atomic mass is 16.7. The average molecular weight is 295 g/mol. The molecular formula is C15H21NO5. The molecule has 0 bridgehead atoms. The van der Waals surface area contributed by atoms with Crippen LogP contribution in [-0.4, -0.2) is 61.9 Å². The van der Waals surface area contributed by atoms with E-state index in [0.717, 1.165) is 5.57 Å². The third-order valence-corrected chi connectivity index (χ3v) is 3.98. The second-order valence-corrected chi connectivity index (χ2v) is 5.72. The van der Waals surface area contributed by atoms with Gasteiger partial charge in [-0.25, -0.2) is 0 Å². The topological polar surface area (TPSA) is 57.2 Å². The second kappa shape index (κ2) is 6.27. The number of amides is 1. The first kappa shape index (κ1) is 14.7. The van der Waals surface area contributed by atoms with Crippen molar-refractivity contribution in [2.75, 3.05) is 26.8 Å². The molecule has 6 heteroatoms. The van der Waals surface area contributed by atoms with Crippen molar-refractivity contribution in [1.82, 2.24) is 4.90 Å². The highest BCUT2D eigenvalue weighted by Crippen LogP contribution is 2.34. The van der Waals surface area contributed by atoms with E-state index in [-0.39, 0.29) is 43.8 Å². The van der Waals surface area contributed by atoms with Crippen LogP contribution in [0, 0.1) is 0 Å². The van der Waals surface area contributed by atoms with Gasteiger partial charge in [-0.1, -0.05) is 17.7 Å². The van der Waals surface area contributed by atoms with Gasteiger partial charge in [-0.3, -0.25) is 4.79 Å². The van der Waals surface area contributed by atoms with E-state index < -0.39 is 0 Å². The van der Waals surface area contributed by atoms with E-state index in [1.165, 1.54) is 0 Å². The summed E-state index contributed by atoms with van der Waals surface area (Å²) in [4.78, 5) is 14.3. The minimum atomic E-state index is -0.131. The first-order valence-corrected chi connectivity index (χ1v) is 7.21. The fourth-order valence-corrected chi connectivity index (χ4v) is 3.09. The van der Waals surface area contributed by atoms with Crippen molar-refractivity contribution in [2.24, 2.45) is 0 Å². The van der Waals surface area contributed by atoms with Gasteiger partial charge in [0.25, 0.3) is 0 Å². The van der Waals surface area contributed by atoms with Crippen LogP contribution >= 0.6 is 0 Å². The van der Waals surface area contributed by atoms with E-state index in [2.05, 4.69) is 0 Å². The molecular weight excluding hydrogens is 274 g/mol. The largest absolute Gasteiger partial charge is 0.353 e. The number of nitrogens with zero attached hydrogens (tertiary/aromatic N) is 1. The number of carbonyl (C=O) groups excluding carboxylic acids is 1. The summed E-state index contributed by atoms with van der Waals surface area (Å²) in [6, 6.07) is -0.224. The van der Waals surface area contributed by atoms with Crippen LogP contribution in [0.3, 0.4) is 0 Å². The lowest BCUT2D eigenvalue weighted by Gasteiger charge is -2.32. The monoisotopic (exact) mass is 295 g/mol. The summed E-state index contributed by atoms with van der Waals surface area (Å²) >= 11 is 0. The maximum absolute atomic E-state index is 12.5. The van der Waals surface area contributed by atoms with Crippen molar-refractivity contribution < 1.29 is 23.7 Å². The Kier molecular flexibility index (Phi) is 4.40. The lowest BCUT2D eigenvalue weighted by atomic mass is 10.1. The molecule has 0 aliphatic carbocycles. The maximum atomic E-state index is 12.5. The zero-order valence-electron chi connectivity index (χ0n) is 12.4. The minimum absolute atomic E-state index is 0.0572. The van der Waals surface area contributed by atoms with Crippen molar-refractivity contribution in [2.45, 2.75) is 38.1 Å². The number of rotatable bonds is 2. The molecule has 0 aromatic heterocycles. The third-order valence-electron chi connectivity index (χ3n) is 3.98. The number of ether oxygens (including phenoxy) is 4. The van der Waals surface area contributed by atoms with Gasteiger partial charge in [0.15, 0.2) is 0 Å². The zero-order valence-corrected chi connectivity index (χ0v) is 12.4. The van der Waals surface area contributed by atoms with Crippen molar-refractivity contribution in [3.8, 4) is 0 Å². The van der Waals surface area contributed by atoms with E-state index in [1.54, 1.807) is 17.1 Å². The van der Waals surface area contributed by atoms with Gasteiger partial charge in [-0.05, 0) is 13.8 Å². The third kappa shape index (κ3) is 2.89. The first-order chi connectivity index (χ1) is 10.2. The molecule has 0 spiro atoms. The molecule has 21 heavy (non-hydrogen) atoms. The molecule has 0 aromatic carbocycles. The van der Waals surface area contributed by atoms with Crippen LogP contribution in [-0.2, 0) is 23.7 Å². The van der Waals surface area contributed by atoms with Gasteiger partial charge < -0.3 is 23.8 Å². The van der Waals surface area contributed by atoms with Crippen molar-refractivity contribution >= 4 is 5.91 Å². The Morgan fingerprint density at radius 3 is 2.14 bits per heavy atom. The van der Waals surface area contributed by atoms with Crippen LogP contribution in [0.1, 0.15) is 13.8 Å². The van der Waals surface area contributed by atoms with Crippen LogP contribution in [0.15, 0.2) is 23.8 Å². The van der Waals surface area contributed by atoms with Gasteiger partial charge in [0.2, 0.25) is 5.91 Å². The van der Waals surface area contributed by atoms with Crippen molar-refractivity contribution in [3.63, 3.8) is 0 Å². The lowest BCUT2D eigenvalue weighted by molar-refractivity contribution is -0.208. The molecule has 3 aliphatic rings. The molecule has 0 radical (unpaired) electrons. The van der Waals surface area contributed by atoms with Crippen LogP contribution < -0.4 is 0 Å². The first-order valence-electron chi connectivity index (χ1n) is 7.21. The van der Waals surface area contributed by atoms with Crippen molar-refractivity contribution in [1.29, 1.82) is 0 Å². The molecule has 3 saturated heterocycles. The minimum Gasteiger partial charge on any atom is -0.353 e. The average Bonchev–Trinajstić information content (AvgIpc) is 2.81. The van der Waals surface area contributed by atoms with Gasteiger partial charge in [-0.15, -0.1) is 0 Å². The van der Waals surface area contributed by atoms with Crippen LogP contribution in [0.5, 0.6) is 0 Å². The number of hydrogen-bond acceptors (Lipinski definition) is 5. The van der Waals surface area contributed by atoms with Crippen molar-refractivity contribution in [3.05, 3.63) is 23.8 Å². The summed E-state index contributed by atoms with van der Waals surface area (Å²) in [6.07, 6.45) is 5.00. The van der Waals surface area contributed by atoms with Crippen LogP contribution in [0.25, 0.3) is 0 Å². The number of hydrogen-bond donors (Lipinski definition) is 0. The normalized spacial score (nSPS) is 35.4. The van der Waals surface area contributed by atoms with Gasteiger partial charge in [0, 0.05) is 6.08 Å². The summed E-state index contributed by atoms with van der Waals surface area (Å²) in [5.74, 6) is -0.0572. The highest BCUT2D eigenvalue weighted by molar-refractivity contribution is 5.89. The highest BCUT2D eigenvalue weighted by Gasteiger charge is 2.54. The predicted molar refractivity (Wildman–Crippen MR) is 74.4 cm³/mol. The SMILES string of the molecule is CC(C)=C/C=C/C(=O)N1[C@H]2COCO[C@H]2[C@@H]2OCOC[C@@H]21. The molecule has 3 heterocycles. The predicted octanol–water partition coefficient (Wildman–Crippen LogP) is 0.834. The van der Waals surface area contributed by atoms with E-state index in [9.17, 15) is 4.79 Å². The molecule has 3 aliphatic heterocycles. The Bertz CT molecular complexity index is 435. The quantitative estimate of drug-likeness (QED) is 0.558. The Balaban J connectivity index is 1.79. The summed E-state index contributed by atoms with van der Waals surface area (Å²) in [7, 11) is 0. The van der Waals surface area contributed by atoms with Crippen LogP contribution in [0.4, 0.5) is 0 Å². The van der Waals surface area contributed by atoms with E-state index >= 15 is 0 Å². The summed E-state index contributed by atoms with van der Waals surface area (Å²) in [5.41, 5.74) is 1.14. The van der Waals surface area contributed by atoms with E-state index in [1.807, 2.05) is 19.9 Å². The zero-order chi connectivity index (χ0) is 14.8. The number of carbonyl (C=O) groups is 1. The second-order valence-electron chi connectivity index (χ2n) is 5.72. The van der Waals surface area contributed by atoms with Crippen LogP contribution in [0.2, 0.25) is 0 Å². The molecule has 0 aromatic rings. The Labute approximate surface area is 124 Å². The molecule has 0 saturated carbocycles. The van der Waals surface area contributed by atoms with Gasteiger partial charge in [0.05, 0.1) is 25.3 Å². The summed E-state index contributed by atoms with van der Waals surface area (Å²) in [6.45, 7) is 5.44. The number of fused-ring (bicyclic) bond motifs is 3. The molecule has 116 valence electrons. The summed E-state index contributed by atoms with van der Waals surface area (Å²) in [5, 5.41) is 0. The molecule has 1 amide bonds. The standard InChI is InChI=1S/C15H21NO5/c1-10(2)4-3-5-13(17)16-11-6-18-8-20-14(11)15-12(16)7-19-9-21-15/h3-5,11-12,14-15H,6-9H2,1-2H3/b5-3+/t11-,12-,14+,15+/m0/s1. The maximum Gasteiger partial charge on any atom is 0.247 e.